The SMILES string of the molecule is C=C(C)/C=C/C(=O)O[C@H]1CCCC(=O)O[C@@H]([C@@H](C)C/C(C)=C/[C@@H](C)[C@H](O)C[C@@H](C)O)C/C=C/C[C@@H]1C. The molecule has 7 atom stereocenters. The van der Waals surface area contributed by atoms with E-state index < -0.39 is 18.2 Å². The number of aliphatic hydroxyl groups is 2. The first-order valence-electron chi connectivity index (χ1n) is 13.3. The van der Waals surface area contributed by atoms with E-state index in [1.54, 1.807) is 13.0 Å². The van der Waals surface area contributed by atoms with Gasteiger partial charge in [-0.3, -0.25) is 4.79 Å². The second-order valence-corrected chi connectivity index (χ2v) is 10.7. The Morgan fingerprint density at radius 1 is 1.19 bits per heavy atom. The average Bonchev–Trinajstić information content (AvgIpc) is 2.77. The molecule has 0 amide bonds. The summed E-state index contributed by atoms with van der Waals surface area (Å²) in [5, 5.41) is 19.8. The largest absolute Gasteiger partial charge is 0.462 e. The van der Waals surface area contributed by atoms with E-state index in [-0.39, 0.29) is 42.4 Å². The second-order valence-electron chi connectivity index (χ2n) is 10.7. The van der Waals surface area contributed by atoms with Crippen molar-refractivity contribution in [2.24, 2.45) is 17.8 Å². The van der Waals surface area contributed by atoms with Gasteiger partial charge in [-0.15, -0.1) is 0 Å². The molecule has 2 N–H and O–H groups in total. The molecule has 0 spiro atoms. The Hall–Kier alpha value is -2.18. The average molecular weight is 505 g/mol. The van der Waals surface area contributed by atoms with E-state index in [1.165, 1.54) is 6.08 Å². The summed E-state index contributed by atoms with van der Waals surface area (Å²) in [6.07, 6.45) is 11.6. The Bertz CT molecular complexity index is 793. The summed E-state index contributed by atoms with van der Waals surface area (Å²) >= 11 is 0. The molecule has 0 fully saturated rings. The molecule has 1 aliphatic heterocycles. The molecule has 0 aliphatic carbocycles. The van der Waals surface area contributed by atoms with E-state index >= 15 is 0 Å². The monoisotopic (exact) mass is 504 g/mol. The first kappa shape index (κ1) is 31.8. The number of carbonyl (C=O) groups excluding carboxylic acids is 2. The van der Waals surface area contributed by atoms with Crippen molar-refractivity contribution >= 4 is 11.9 Å². The van der Waals surface area contributed by atoms with Gasteiger partial charge >= 0.3 is 11.9 Å². The molecule has 6 nitrogen and oxygen atoms in total. The minimum atomic E-state index is -0.593. The minimum absolute atomic E-state index is 0.0645. The molecule has 36 heavy (non-hydrogen) atoms. The highest BCUT2D eigenvalue weighted by atomic mass is 16.5. The maximum atomic E-state index is 12.6. The van der Waals surface area contributed by atoms with Crippen LogP contribution in [0.2, 0.25) is 0 Å². The van der Waals surface area contributed by atoms with Crippen LogP contribution < -0.4 is 0 Å². The zero-order valence-electron chi connectivity index (χ0n) is 23.1. The van der Waals surface area contributed by atoms with Crippen LogP contribution in [0.5, 0.6) is 0 Å². The van der Waals surface area contributed by atoms with Gasteiger partial charge in [-0.1, -0.05) is 62.8 Å². The van der Waals surface area contributed by atoms with Gasteiger partial charge in [0.05, 0.1) is 12.2 Å². The first-order valence-corrected chi connectivity index (χ1v) is 13.3. The number of ether oxygens (including phenoxy) is 2. The lowest BCUT2D eigenvalue weighted by molar-refractivity contribution is -0.151. The summed E-state index contributed by atoms with van der Waals surface area (Å²) < 4.78 is 11.5. The summed E-state index contributed by atoms with van der Waals surface area (Å²) in [5.41, 5.74) is 1.91. The predicted octanol–water partition coefficient (Wildman–Crippen LogP) is 5.84. The molecule has 6 heteroatoms. The summed E-state index contributed by atoms with van der Waals surface area (Å²) in [6, 6.07) is 0. The van der Waals surface area contributed by atoms with Crippen molar-refractivity contribution < 1.29 is 29.3 Å². The van der Waals surface area contributed by atoms with Crippen molar-refractivity contribution in [3.63, 3.8) is 0 Å². The molecular weight excluding hydrogens is 456 g/mol. The number of allylic oxidation sites excluding steroid dienone is 4. The number of carbonyl (C=O) groups is 2. The van der Waals surface area contributed by atoms with E-state index in [0.29, 0.717) is 25.7 Å². The zero-order chi connectivity index (χ0) is 27.3. The van der Waals surface area contributed by atoms with E-state index in [2.05, 4.69) is 32.6 Å². The lowest BCUT2D eigenvalue weighted by Crippen LogP contribution is -2.27. The molecular formula is C30H48O6. The number of cyclic esters (lactones) is 1. The Kier molecular flexibility index (Phi) is 14.6. The molecule has 0 aromatic carbocycles. The fraction of sp³-hybridized carbons (Fsp3) is 0.667. The highest BCUT2D eigenvalue weighted by Crippen LogP contribution is 2.25. The second kappa shape index (κ2) is 16.5. The zero-order valence-corrected chi connectivity index (χ0v) is 23.1. The Labute approximate surface area is 218 Å². The predicted molar refractivity (Wildman–Crippen MR) is 144 cm³/mol. The number of aliphatic hydroxyl groups excluding tert-OH is 2. The quantitative estimate of drug-likeness (QED) is 0.168. The van der Waals surface area contributed by atoms with Crippen molar-refractivity contribution in [1.82, 2.24) is 0 Å². The first-order chi connectivity index (χ1) is 16.9. The number of esters is 2. The normalized spacial score (nSPS) is 26.6. The van der Waals surface area contributed by atoms with E-state index in [0.717, 1.165) is 24.0 Å². The molecule has 0 aromatic rings. The van der Waals surface area contributed by atoms with E-state index in [4.69, 9.17) is 9.47 Å². The lowest BCUT2D eigenvalue weighted by Gasteiger charge is -2.26. The molecule has 1 heterocycles. The van der Waals surface area contributed by atoms with Crippen LogP contribution >= 0.6 is 0 Å². The van der Waals surface area contributed by atoms with Gasteiger partial charge in [-0.05, 0) is 64.7 Å². The smallest absolute Gasteiger partial charge is 0.331 e. The van der Waals surface area contributed by atoms with Gasteiger partial charge < -0.3 is 19.7 Å². The van der Waals surface area contributed by atoms with E-state index in [1.807, 2.05) is 26.8 Å². The topological polar surface area (TPSA) is 93.1 Å². The molecule has 204 valence electrons. The van der Waals surface area contributed by atoms with Crippen LogP contribution in [-0.2, 0) is 19.1 Å². The fourth-order valence-electron chi connectivity index (χ4n) is 4.45. The fourth-order valence-corrected chi connectivity index (χ4v) is 4.45. The molecule has 1 aliphatic rings. The standard InChI is InChI=1S/C30H48O6/c1-20(2)15-16-30(34)35-27-13-10-14-29(33)36-28(12-9-8-11-22(27)4)24(6)18-21(3)17-23(5)26(32)19-25(7)31/h8-9,15-17,22-28,31-32H,1,10-14,18-19H2,2-7H3/b9-8+,16-15+,21-17+/t22-,23+,24-,25+,26+,27-,28+/m0/s1. The summed E-state index contributed by atoms with van der Waals surface area (Å²) in [7, 11) is 0. The highest BCUT2D eigenvalue weighted by Gasteiger charge is 2.25. The van der Waals surface area contributed by atoms with Crippen molar-refractivity contribution in [3.05, 3.63) is 48.1 Å². The van der Waals surface area contributed by atoms with Gasteiger partial charge in [0, 0.05) is 24.8 Å². The maximum Gasteiger partial charge on any atom is 0.331 e. The van der Waals surface area contributed by atoms with Crippen molar-refractivity contribution in [1.29, 1.82) is 0 Å². The highest BCUT2D eigenvalue weighted by molar-refractivity contribution is 5.82. The van der Waals surface area contributed by atoms with Crippen LogP contribution in [-0.4, -0.2) is 46.6 Å². The van der Waals surface area contributed by atoms with Gasteiger partial charge in [0.1, 0.15) is 12.2 Å². The minimum Gasteiger partial charge on any atom is -0.462 e. The van der Waals surface area contributed by atoms with Crippen LogP contribution in [0.4, 0.5) is 0 Å². The Morgan fingerprint density at radius 2 is 1.86 bits per heavy atom. The lowest BCUT2D eigenvalue weighted by atomic mass is 9.90. The molecule has 1 rings (SSSR count). The van der Waals surface area contributed by atoms with Crippen molar-refractivity contribution in [2.45, 2.75) is 111 Å². The van der Waals surface area contributed by atoms with Crippen LogP contribution in [0.1, 0.15) is 86.5 Å². The maximum absolute atomic E-state index is 12.6. The van der Waals surface area contributed by atoms with Gasteiger partial charge in [0.15, 0.2) is 0 Å². The van der Waals surface area contributed by atoms with Crippen molar-refractivity contribution in [3.8, 4) is 0 Å². The van der Waals surface area contributed by atoms with Crippen molar-refractivity contribution in [2.75, 3.05) is 0 Å². The molecule has 0 saturated carbocycles. The molecule has 0 radical (unpaired) electrons. The van der Waals surface area contributed by atoms with Crippen LogP contribution in [0.15, 0.2) is 48.1 Å². The summed E-state index contributed by atoms with van der Waals surface area (Å²) in [4.78, 5) is 24.8. The summed E-state index contributed by atoms with van der Waals surface area (Å²) in [6.45, 7) is 15.4. The summed E-state index contributed by atoms with van der Waals surface area (Å²) in [5.74, 6) is -0.438. The Morgan fingerprint density at radius 3 is 2.50 bits per heavy atom. The third kappa shape index (κ3) is 13.2. The third-order valence-corrected chi connectivity index (χ3v) is 6.62. The van der Waals surface area contributed by atoms with E-state index in [9.17, 15) is 19.8 Å². The van der Waals surface area contributed by atoms with Gasteiger partial charge in [-0.25, -0.2) is 4.79 Å². The van der Waals surface area contributed by atoms with Crippen LogP contribution in [0.3, 0.4) is 0 Å². The van der Waals surface area contributed by atoms with Gasteiger partial charge in [-0.2, -0.15) is 0 Å². The number of hydrogen-bond donors (Lipinski definition) is 2. The van der Waals surface area contributed by atoms with Gasteiger partial charge in [0.25, 0.3) is 0 Å². The van der Waals surface area contributed by atoms with Crippen LogP contribution in [0, 0.1) is 17.8 Å². The Balaban J connectivity index is 2.80. The third-order valence-electron chi connectivity index (χ3n) is 6.62. The number of hydrogen-bond acceptors (Lipinski definition) is 6. The van der Waals surface area contributed by atoms with Crippen LogP contribution in [0.25, 0.3) is 0 Å². The van der Waals surface area contributed by atoms with Gasteiger partial charge in [0.2, 0.25) is 0 Å². The molecule has 0 saturated heterocycles. The number of rotatable bonds is 10. The molecule has 0 aromatic heterocycles. The molecule has 0 unspecified atom stereocenters. The molecule has 0 bridgehead atoms.